The van der Waals surface area contributed by atoms with Crippen LogP contribution in [0, 0.1) is 0 Å². The lowest BCUT2D eigenvalue weighted by Gasteiger charge is -2.11. The van der Waals surface area contributed by atoms with Gasteiger partial charge in [0.2, 0.25) is 0 Å². The lowest BCUT2D eigenvalue weighted by molar-refractivity contribution is 0.156. The second-order valence-electron chi connectivity index (χ2n) is 3.04. The molecule has 0 saturated carbocycles. The lowest BCUT2D eigenvalue weighted by Crippen LogP contribution is -2.11. The minimum atomic E-state index is -1.16. The summed E-state index contributed by atoms with van der Waals surface area (Å²) in [5.74, 6) is -1.14. The largest absolute Gasteiger partial charge is 0.512 e. The summed E-state index contributed by atoms with van der Waals surface area (Å²) in [6, 6.07) is 0. The molecule has 0 aliphatic carbocycles. The molecule has 0 aromatic heterocycles. The van der Waals surface area contributed by atoms with E-state index in [1.165, 1.54) is 14.8 Å². The van der Waals surface area contributed by atoms with E-state index in [4.69, 9.17) is 5.11 Å². The summed E-state index contributed by atoms with van der Waals surface area (Å²) in [6.07, 6.45) is -1.16. The van der Waals surface area contributed by atoms with E-state index in [2.05, 4.69) is 15.9 Å². The number of aliphatic hydroxyl groups excluding tert-OH is 4. The molecule has 0 heterocycles. The van der Waals surface area contributed by atoms with E-state index in [0.29, 0.717) is 0 Å². The van der Waals surface area contributed by atoms with Gasteiger partial charge in [0.05, 0.1) is 4.83 Å². The predicted octanol–water partition coefficient (Wildman–Crippen LogP) is 0.881. The van der Waals surface area contributed by atoms with Crippen molar-refractivity contribution in [3.8, 4) is 0 Å². The second-order valence-corrected chi connectivity index (χ2v) is 4.41. The first-order valence-corrected chi connectivity index (χ1v) is 5.04. The van der Waals surface area contributed by atoms with Crippen molar-refractivity contribution in [1.29, 1.82) is 0 Å². The third-order valence-electron chi connectivity index (χ3n) is 1.75. The van der Waals surface area contributed by atoms with Crippen LogP contribution in [0.25, 0.3) is 0 Å². The van der Waals surface area contributed by atoms with Crippen LogP contribution in [0.1, 0.15) is 13.8 Å². The Morgan fingerprint density at radius 2 is 1.57 bits per heavy atom. The molecule has 0 bridgehead atoms. The molecule has 80 valence electrons. The minimum absolute atomic E-state index is 0.0882. The summed E-state index contributed by atoms with van der Waals surface area (Å²) in [4.78, 5) is -0.327. The van der Waals surface area contributed by atoms with Crippen LogP contribution in [0.3, 0.4) is 0 Å². The van der Waals surface area contributed by atoms with Crippen LogP contribution in [-0.4, -0.2) is 39.2 Å². The van der Waals surface area contributed by atoms with Crippen molar-refractivity contribution in [3.05, 3.63) is 22.7 Å². The Morgan fingerprint density at radius 3 is 1.86 bits per heavy atom. The van der Waals surface area contributed by atoms with E-state index in [-0.39, 0.29) is 16.1 Å². The van der Waals surface area contributed by atoms with Gasteiger partial charge in [0.15, 0.2) is 11.5 Å². The van der Waals surface area contributed by atoms with Crippen LogP contribution >= 0.6 is 15.9 Å². The summed E-state index contributed by atoms with van der Waals surface area (Å²) in [6.45, 7) is 2.99. The van der Waals surface area contributed by atoms with Crippen LogP contribution < -0.4 is 0 Å². The van der Waals surface area contributed by atoms with Gasteiger partial charge < -0.3 is 20.4 Å². The fraction of sp³-hybridized carbons (Fsp3) is 0.500. The number of allylic oxidation sites excluding steroid dienone is 2. The minimum Gasteiger partial charge on any atom is -0.512 e. The Labute approximate surface area is 92.1 Å². The fourth-order valence-electron chi connectivity index (χ4n) is 0.810. The molecule has 0 amide bonds. The van der Waals surface area contributed by atoms with Crippen molar-refractivity contribution >= 4 is 23.8 Å². The number of aliphatic hydroxyl groups is 4. The molecule has 0 radical (unpaired) electrons. The van der Waals surface area contributed by atoms with Gasteiger partial charge in [-0.1, -0.05) is 15.9 Å². The summed E-state index contributed by atoms with van der Waals surface area (Å²) in [7, 11) is 1.45. The quantitative estimate of drug-likeness (QED) is 0.264. The number of alkyl halides is 1. The van der Waals surface area contributed by atoms with E-state index < -0.39 is 17.6 Å². The van der Waals surface area contributed by atoms with E-state index in [0.717, 1.165) is 0 Å². The Bertz CT molecular complexity index is 243. The molecule has 0 spiro atoms. The first-order valence-electron chi connectivity index (χ1n) is 4.13. The third-order valence-corrected chi connectivity index (χ3v) is 2.19. The number of hydrogen-bond donors (Lipinski definition) is 4. The molecule has 2 unspecified atom stereocenters. The summed E-state index contributed by atoms with van der Waals surface area (Å²) >= 11 is 3.11. The van der Waals surface area contributed by atoms with Gasteiger partial charge in [-0.2, -0.15) is 0 Å². The first-order chi connectivity index (χ1) is 6.29. The first kappa shape index (κ1) is 13.4. The zero-order chi connectivity index (χ0) is 11.5. The highest BCUT2D eigenvalue weighted by molar-refractivity contribution is 9.09. The molecule has 6 heteroatoms. The summed E-state index contributed by atoms with van der Waals surface area (Å²) < 4.78 is 0. The molecule has 0 aromatic carbocycles. The zero-order valence-electron chi connectivity index (χ0n) is 8.32. The molecule has 4 N–H and O–H groups in total. The normalized spacial score (nSPS) is 19.4. The van der Waals surface area contributed by atoms with Crippen molar-refractivity contribution in [2.24, 2.45) is 0 Å². The van der Waals surface area contributed by atoms with Crippen LogP contribution in [0.4, 0.5) is 0 Å². The average Bonchev–Trinajstić information content (AvgIpc) is 2.12. The molecule has 0 saturated heterocycles. The van der Waals surface area contributed by atoms with Gasteiger partial charge in [-0.05, 0) is 19.3 Å². The predicted molar refractivity (Wildman–Crippen MR) is 60.6 cm³/mol. The third kappa shape index (κ3) is 3.27. The Morgan fingerprint density at radius 1 is 1.14 bits per heavy atom. The molecule has 4 nitrogen and oxygen atoms in total. The van der Waals surface area contributed by atoms with Crippen molar-refractivity contribution in [1.82, 2.24) is 0 Å². The highest BCUT2D eigenvalue weighted by Crippen LogP contribution is 2.18. The highest BCUT2D eigenvalue weighted by atomic mass is 79.9. The van der Waals surface area contributed by atoms with Gasteiger partial charge in [-0.25, -0.2) is 0 Å². The number of hydrogen-bond acceptors (Lipinski definition) is 4. The molecule has 0 aliphatic heterocycles. The number of halogens is 1. The van der Waals surface area contributed by atoms with E-state index in [9.17, 15) is 15.3 Å². The maximum atomic E-state index is 9.44. The molecule has 0 fully saturated rings. The van der Waals surface area contributed by atoms with E-state index >= 15 is 0 Å². The van der Waals surface area contributed by atoms with Crippen LogP contribution in [0.15, 0.2) is 22.7 Å². The van der Waals surface area contributed by atoms with Gasteiger partial charge in [0.1, 0.15) is 19.7 Å². The number of rotatable bonds is 3. The second kappa shape index (κ2) is 5.31. The van der Waals surface area contributed by atoms with Crippen molar-refractivity contribution in [2.75, 3.05) is 0 Å². The average molecular weight is 265 g/mol. The topological polar surface area (TPSA) is 80.9 Å². The maximum Gasteiger partial charge on any atom is 0.162 e. The molecular weight excluding hydrogens is 251 g/mol. The molecule has 0 rings (SSSR count). The standard InChI is InChI=1S/C8H14BBrO4/c1-3(10)6(12)5(9)8(14)7(13)4(2)11/h3-4,11-14H,9H2,1-2H3/b6-5-,8-7-. The highest BCUT2D eigenvalue weighted by Gasteiger charge is 2.16. The Kier molecular flexibility index (Phi) is 5.08. The van der Waals surface area contributed by atoms with Gasteiger partial charge in [-0.15, -0.1) is 0 Å². The van der Waals surface area contributed by atoms with Crippen LogP contribution in [-0.2, 0) is 0 Å². The molecule has 0 aliphatic rings. The Hall–Kier alpha value is -0.615. The van der Waals surface area contributed by atoms with Crippen molar-refractivity contribution in [2.45, 2.75) is 24.8 Å². The van der Waals surface area contributed by atoms with Crippen LogP contribution in [0.2, 0.25) is 0 Å². The van der Waals surface area contributed by atoms with Gasteiger partial charge in [0.25, 0.3) is 0 Å². The summed E-state index contributed by atoms with van der Waals surface area (Å²) in [5, 5.41) is 37.0. The van der Waals surface area contributed by atoms with Crippen LogP contribution in [0.5, 0.6) is 0 Å². The molecule has 2 atom stereocenters. The zero-order valence-corrected chi connectivity index (χ0v) is 9.91. The molecular formula is C8H14BBrO4. The fourth-order valence-corrected chi connectivity index (χ4v) is 1.15. The maximum absolute atomic E-state index is 9.44. The molecule has 14 heavy (non-hydrogen) atoms. The van der Waals surface area contributed by atoms with Gasteiger partial charge in [0, 0.05) is 0 Å². The van der Waals surface area contributed by atoms with Crippen molar-refractivity contribution in [3.63, 3.8) is 0 Å². The monoisotopic (exact) mass is 264 g/mol. The van der Waals surface area contributed by atoms with Crippen molar-refractivity contribution < 1.29 is 20.4 Å². The smallest absolute Gasteiger partial charge is 0.162 e. The SMILES string of the molecule is BC(/C(O)=C(/O)C(C)O)=C(\O)C(C)Br. The molecule has 0 aromatic rings. The Balaban J connectivity index is 5.14. The van der Waals surface area contributed by atoms with E-state index in [1.54, 1.807) is 6.92 Å². The van der Waals surface area contributed by atoms with E-state index in [1.807, 2.05) is 0 Å². The van der Waals surface area contributed by atoms with Gasteiger partial charge >= 0.3 is 0 Å². The summed E-state index contributed by atoms with van der Waals surface area (Å²) in [5.41, 5.74) is 0.132. The van der Waals surface area contributed by atoms with Gasteiger partial charge in [-0.3, -0.25) is 0 Å². The lowest BCUT2D eigenvalue weighted by atomic mass is 9.90.